The summed E-state index contributed by atoms with van der Waals surface area (Å²) in [5, 5.41) is 6.03. The maximum atomic E-state index is 15.8. The van der Waals surface area contributed by atoms with Crippen molar-refractivity contribution in [2.24, 2.45) is 0 Å². The van der Waals surface area contributed by atoms with E-state index in [0.717, 1.165) is 51.8 Å². The summed E-state index contributed by atoms with van der Waals surface area (Å²) in [5.74, 6) is -0.458. The second-order valence-corrected chi connectivity index (χ2v) is 14.2. The van der Waals surface area contributed by atoms with Crippen LogP contribution in [0.2, 0.25) is 0 Å². The Hall–Kier alpha value is -3.93. The lowest BCUT2D eigenvalue weighted by Crippen LogP contribution is -2.39. The first-order chi connectivity index (χ1) is 21.6. The van der Waals surface area contributed by atoms with E-state index in [1.165, 1.54) is 36.0 Å². The van der Waals surface area contributed by atoms with Crippen molar-refractivity contribution in [1.29, 1.82) is 0 Å². The molecule has 1 amide bonds. The second-order valence-electron chi connectivity index (χ2n) is 12.3. The fourth-order valence-corrected chi connectivity index (χ4v) is 8.02. The van der Waals surface area contributed by atoms with Crippen LogP contribution in [-0.4, -0.2) is 46.8 Å². The zero-order valence-electron chi connectivity index (χ0n) is 25.4. The minimum Gasteiger partial charge on any atom is -0.496 e. The third kappa shape index (κ3) is 5.57. The number of nitrogens with zero attached hydrogens (tertiary/aromatic N) is 3. The van der Waals surface area contributed by atoms with Crippen molar-refractivity contribution >= 4 is 38.9 Å². The van der Waals surface area contributed by atoms with Gasteiger partial charge < -0.3 is 19.7 Å². The number of nitrogens with one attached hydrogen (secondary N) is 1. The second kappa shape index (κ2) is 11.5. The highest BCUT2D eigenvalue weighted by Gasteiger charge is 2.29. The molecule has 0 radical (unpaired) electrons. The van der Waals surface area contributed by atoms with Crippen LogP contribution in [0.1, 0.15) is 42.5 Å². The first-order valence-electron chi connectivity index (χ1n) is 14.8. The van der Waals surface area contributed by atoms with Crippen molar-refractivity contribution in [3.05, 3.63) is 75.1 Å². The Balaban J connectivity index is 1.39. The Kier molecular flexibility index (Phi) is 7.58. The number of aromatic nitrogens is 2. The van der Waals surface area contributed by atoms with Crippen molar-refractivity contribution in [2.75, 3.05) is 20.2 Å². The molecule has 45 heavy (non-hydrogen) atoms. The summed E-state index contributed by atoms with van der Waals surface area (Å²) in [4.78, 5) is 25.8. The zero-order chi connectivity index (χ0) is 31.5. The van der Waals surface area contributed by atoms with Gasteiger partial charge in [-0.2, -0.15) is 0 Å². The van der Waals surface area contributed by atoms with E-state index in [9.17, 15) is 9.18 Å². The van der Waals surface area contributed by atoms with Gasteiger partial charge >= 0.3 is 6.09 Å². The smallest absolute Gasteiger partial charge is 0.410 e. The van der Waals surface area contributed by atoms with Gasteiger partial charge in [0.05, 0.1) is 23.9 Å². The topological polar surface area (TPSA) is 76.6 Å². The number of amides is 1. The summed E-state index contributed by atoms with van der Waals surface area (Å²) >= 11 is 2.86. The molecule has 2 aromatic carbocycles. The fraction of sp³-hybridized carbons (Fsp3) is 0.324. The van der Waals surface area contributed by atoms with Crippen molar-refractivity contribution < 1.29 is 23.0 Å². The molecule has 2 aliphatic rings. The number of benzene rings is 2. The zero-order valence-corrected chi connectivity index (χ0v) is 27.1. The summed E-state index contributed by atoms with van der Waals surface area (Å²) in [7, 11) is 1.50. The highest BCUT2D eigenvalue weighted by molar-refractivity contribution is 7.18. The lowest BCUT2D eigenvalue weighted by molar-refractivity contribution is 0.0224. The molecular formula is C34H32F2N4O3S2. The normalized spacial score (nSPS) is 14.8. The third-order valence-corrected chi connectivity index (χ3v) is 10.1. The summed E-state index contributed by atoms with van der Waals surface area (Å²) in [6, 6.07) is 10.4. The van der Waals surface area contributed by atoms with Gasteiger partial charge in [0.1, 0.15) is 33.7 Å². The van der Waals surface area contributed by atoms with Gasteiger partial charge in [0, 0.05) is 70.3 Å². The van der Waals surface area contributed by atoms with Crippen LogP contribution in [0.4, 0.5) is 13.6 Å². The number of rotatable bonds is 4. The van der Waals surface area contributed by atoms with E-state index in [4.69, 9.17) is 19.4 Å². The molecule has 0 fully saturated rings. The average molecular weight is 647 g/mol. The van der Waals surface area contributed by atoms with Crippen molar-refractivity contribution in [1.82, 2.24) is 20.2 Å². The lowest BCUT2D eigenvalue weighted by atomic mass is 9.94. The van der Waals surface area contributed by atoms with Crippen LogP contribution >= 0.6 is 22.7 Å². The number of carbonyl (C=O) groups is 1. The molecule has 5 heterocycles. The molecule has 7 rings (SSSR count). The summed E-state index contributed by atoms with van der Waals surface area (Å²) < 4.78 is 42.0. The maximum absolute atomic E-state index is 15.8. The Morgan fingerprint density at radius 3 is 2.67 bits per heavy atom. The molecule has 5 aromatic rings. The van der Waals surface area contributed by atoms with Gasteiger partial charge in [-0.05, 0) is 56.5 Å². The first kappa shape index (κ1) is 29.8. The number of carbonyl (C=O) groups excluding carboxylic acids is 1. The Bertz CT molecular complexity index is 1940. The van der Waals surface area contributed by atoms with Crippen LogP contribution in [0.3, 0.4) is 0 Å². The number of fused-ring (bicyclic) bond motifs is 3. The summed E-state index contributed by atoms with van der Waals surface area (Å²) in [5.41, 5.74) is 5.77. The molecule has 0 bridgehead atoms. The Morgan fingerprint density at radius 2 is 1.89 bits per heavy atom. The van der Waals surface area contributed by atoms with Crippen LogP contribution in [0.5, 0.6) is 5.75 Å². The Morgan fingerprint density at radius 1 is 1.04 bits per heavy atom. The highest BCUT2D eigenvalue weighted by Crippen LogP contribution is 2.48. The molecule has 0 saturated heterocycles. The summed E-state index contributed by atoms with van der Waals surface area (Å²) in [6.45, 7) is 8.11. The van der Waals surface area contributed by atoms with E-state index < -0.39 is 11.4 Å². The number of halogens is 2. The molecule has 0 spiro atoms. The average Bonchev–Trinajstić information content (AvgIpc) is 3.63. The molecule has 3 aromatic heterocycles. The first-order valence-corrected chi connectivity index (χ1v) is 16.5. The van der Waals surface area contributed by atoms with Crippen LogP contribution in [0.25, 0.3) is 43.2 Å². The lowest BCUT2D eigenvalue weighted by Gasteiger charge is -2.31. The van der Waals surface area contributed by atoms with Gasteiger partial charge in [0.15, 0.2) is 0 Å². The third-order valence-electron chi connectivity index (χ3n) is 8.05. The van der Waals surface area contributed by atoms with Crippen LogP contribution < -0.4 is 10.1 Å². The summed E-state index contributed by atoms with van der Waals surface area (Å²) in [6.07, 6.45) is 1.12. The number of hydrogen-bond donors (Lipinski definition) is 1. The molecule has 232 valence electrons. The minimum absolute atomic E-state index is 0.334. The number of thiazole rings is 1. The van der Waals surface area contributed by atoms with E-state index in [1.54, 1.807) is 22.3 Å². The molecule has 0 atom stereocenters. The van der Waals surface area contributed by atoms with E-state index in [1.807, 2.05) is 32.9 Å². The number of methoxy groups -OCH3 is 1. The number of pyridine rings is 1. The van der Waals surface area contributed by atoms with Crippen molar-refractivity contribution in [3.8, 4) is 38.8 Å². The Labute approximate surface area is 267 Å². The van der Waals surface area contributed by atoms with E-state index in [2.05, 4.69) is 11.4 Å². The van der Waals surface area contributed by atoms with Crippen LogP contribution in [0.15, 0.2) is 41.8 Å². The highest BCUT2D eigenvalue weighted by atomic mass is 32.1. The quantitative estimate of drug-likeness (QED) is 0.213. The van der Waals surface area contributed by atoms with Gasteiger partial charge in [-0.25, -0.2) is 23.5 Å². The molecular weight excluding hydrogens is 615 g/mol. The number of hydrogen-bond acceptors (Lipinski definition) is 8. The minimum atomic E-state index is -0.572. The largest absolute Gasteiger partial charge is 0.496 e. The van der Waals surface area contributed by atoms with Gasteiger partial charge in [-0.3, -0.25) is 0 Å². The van der Waals surface area contributed by atoms with E-state index >= 15 is 4.39 Å². The monoisotopic (exact) mass is 646 g/mol. The molecule has 2 aliphatic heterocycles. The fourth-order valence-electron chi connectivity index (χ4n) is 5.97. The van der Waals surface area contributed by atoms with E-state index in [-0.39, 0.29) is 11.9 Å². The molecule has 1 N–H and O–H groups in total. The molecule has 0 unspecified atom stereocenters. The van der Waals surface area contributed by atoms with E-state index in [0.29, 0.717) is 57.9 Å². The van der Waals surface area contributed by atoms with Gasteiger partial charge in [0.2, 0.25) is 0 Å². The number of thiophene rings is 1. The van der Waals surface area contributed by atoms with Gasteiger partial charge in [0.25, 0.3) is 0 Å². The van der Waals surface area contributed by atoms with Gasteiger partial charge in [-0.1, -0.05) is 12.1 Å². The molecule has 7 nitrogen and oxygen atoms in total. The standard InChI is InChI=1S/C34H32F2N4O3S2/c1-34(2,3)43-33(41)40-12-10-18-13-19(5-6-20(18)16-40)29-28-23(36)17-44-31(28)27(22-8-7-21(35)14-25(22)42-4)30(39-29)32-38-24-9-11-37-15-26(24)45-32/h5-8,13-14,17,37H,9-12,15-16H2,1-4H3. The van der Waals surface area contributed by atoms with Crippen LogP contribution in [0, 0.1) is 11.6 Å². The van der Waals surface area contributed by atoms with Crippen molar-refractivity contribution in [2.45, 2.75) is 52.3 Å². The predicted molar refractivity (Wildman–Crippen MR) is 174 cm³/mol. The maximum Gasteiger partial charge on any atom is 0.410 e. The van der Waals surface area contributed by atoms with Crippen molar-refractivity contribution in [3.63, 3.8) is 0 Å². The van der Waals surface area contributed by atoms with Gasteiger partial charge in [-0.15, -0.1) is 22.7 Å². The molecule has 0 aliphatic carbocycles. The number of ether oxygens (including phenoxy) is 2. The molecule has 0 saturated carbocycles. The van der Waals surface area contributed by atoms with Crippen LogP contribution in [-0.2, 0) is 30.7 Å². The molecule has 11 heteroatoms. The SMILES string of the molecule is COc1cc(F)ccc1-c1c(-c2nc3c(s2)CNCC3)nc(-c2ccc3c(c2)CCN(C(=O)OC(C)(C)C)C3)c2c(F)csc12. The predicted octanol–water partition coefficient (Wildman–Crippen LogP) is 7.98.